The topological polar surface area (TPSA) is 52.7 Å². The quantitative estimate of drug-likeness (QED) is 0.881. The third kappa shape index (κ3) is 3.12. The number of nitrogens with zero attached hydrogens (tertiary/aromatic N) is 2. The van der Waals surface area contributed by atoms with Crippen LogP contribution >= 0.6 is 0 Å². The molecule has 0 bridgehead atoms. The molecule has 1 heterocycles. The van der Waals surface area contributed by atoms with Crippen LogP contribution in [0.3, 0.4) is 0 Å². The van der Waals surface area contributed by atoms with Crippen molar-refractivity contribution in [3.8, 4) is 0 Å². The monoisotopic (exact) mass is 261 g/mol. The van der Waals surface area contributed by atoms with Gasteiger partial charge < -0.3 is 15.1 Å². The molecule has 0 atom stereocenters. The van der Waals surface area contributed by atoms with Crippen LogP contribution in [-0.2, 0) is 4.79 Å². The Morgan fingerprint density at radius 1 is 1.32 bits per heavy atom. The van der Waals surface area contributed by atoms with E-state index in [2.05, 4.69) is 5.32 Å². The minimum Gasteiger partial charge on any atom is -0.328 e. The Kier molecular flexibility index (Phi) is 3.85. The predicted molar refractivity (Wildman–Crippen MR) is 74.3 cm³/mol. The molecule has 0 saturated carbocycles. The van der Waals surface area contributed by atoms with Gasteiger partial charge in [-0.2, -0.15) is 0 Å². The lowest BCUT2D eigenvalue weighted by molar-refractivity contribution is -0.116. The molecule has 2 rings (SSSR count). The van der Waals surface area contributed by atoms with Gasteiger partial charge in [-0.3, -0.25) is 9.59 Å². The van der Waals surface area contributed by atoms with Crippen LogP contribution in [0.15, 0.2) is 18.2 Å². The summed E-state index contributed by atoms with van der Waals surface area (Å²) >= 11 is 0. The molecule has 0 radical (unpaired) electrons. The number of nitrogens with one attached hydrogen (secondary N) is 1. The van der Waals surface area contributed by atoms with E-state index < -0.39 is 0 Å². The maximum Gasteiger partial charge on any atom is 0.256 e. The summed E-state index contributed by atoms with van der Waals surface area (Å²) in [6.07, 6.45) is 0. The third-order valence-electron chi connectivity index (χ3n) is 3.12. The van der Waals surface area contributed by atoms with Gasteiger partial charge in [0.15, 0.2) is 0 Å². The summed E-state index contributed by atoms with van der Waals surface area (Å²) in [4.78, 5) is 27.8. The standard InChI is InChI=1S/C14H19N3O2/c1-10-4-5-11-12(8-10)15-13(18)9-17(14(11)19)7-6-16(2)3/h4-5,8H,6-7,9H2,1-3H3,(H,15,18). The van der Waals surface area contributed by atoms with Gasteiger partial charge in [-0.1, -0.05) is 6.07 Å². The number of anilines is 1. The molecule has 0 unspecified atom stereocenters. The number of benzene rings is 1. The van der Waals surface area contributed by atoms with Crippen molar-refractivity contribution >= 4 is 17.5 Å². The summed E-state index contributed by atoms with van der Waals surface area (Å²) < 4.78 is 0. The van der Waals surface area contributed by atoms with Crippen LogP contribution in [-0.4, -0.2) is 55.3 Å². The van der Waals surface area contributed by atoms with E-state index in [1.54, 1.807) is 11.0 Å². The highest BCUT2D eigenvalue weighted by molar-refractivity contribution is 6.08. The number of hydrogen-bond donors (Lipinski definition) is 1. The van der Waals surface area contributed by atoms with E-state index in [0.29, 0.717) is 17.8 Å². The number of amides is 2. The zero-order valence-electron chi connectivity index (χ0n) is 11.6. The van der Waals surface area contributed by atoms with E-state index in [0.717, 1.165) is 12.1 Å². The van der Waals surface area contributed by atoms with Crippen LogP contribution in [0.4, 0.5) is 5.69 Å². The molecule has 0 aromatic heterocycles. The van der Waals surface area contributed by atoms with E-state index in [4.69, 9.17) is 0 Å². The minimum absolute atomic E-state index is 0.0878. The summed E-state index contributed by atoms with van der Waals surface area (Å²) in [7, 11) is 3.89. The molecular formula is C14H19N3O2. The normalized spacial score (nSPS) is 15.3. The Balaban J connectivity index is 2.28. The number of rotatable bonds is 3. The number of aryl methyl sites for hydroxylation is 1. The molecule has 1 aliphatic rings. The first-order chi connectivity index (χ1) is 8.97. The molecule has 0 aliphatic carbocycles. The maximum absolute atomic E-state index is 12.4. The molecule has 5 heteroatoms. The lowest BCUT2D eigenvalue weighted by Gasteiger charge is -2.21. The summed E-state index contributed by atoms with van der Waals surface area (Å²) in [5.74, 6) is -0.230. The molecule has 19 heavy (non-hydrogen) atoms. The molecule has 1 N–H and O–H groups in total. The van der Waals surface area contributed by atoms with Crippen molar-refractivity contribution in [2.24, 2.45) is 0 Å². The molecule has 1 aromatic carbocycles. The average molecular weight is 261 g/mol. The second kappa shape index (κ2) is 5.40. The second-order valence-electron chi connectivity index (χ2n) is 5.13. The molecule has 2 amide bonds. The van der Waals surface area contributed by atoms with Crippen molar-refractivity contribution in [1.82, 2.24) is 9.80 Å². The molecule has 5 nitrogen and oxygen atoms in total. The summed E-state index contributed by atoms with van der Waals surface area (Å²) in [5.41, 5.74) is 2.20. The molecule has 0 spiro atoms. The van der Waals surface area contributed by atoms with Crippen molar-refractivity contribution in [3.63, 3.8) is 0 Å². The zero-order valence-corrected chi connectivity index (χ0v) is 11.6. The highest BCUT2D eigenvalue weighted by Gasteiger charge is 2.25. The first-order valence-electron chi connectivity index (χ1n) is 6.32. The van der Waals surface area contributed by atoms with Gasteiger partial charge >= 0.3 is 0 Å². The van der Waals surface area contributed by atoms with Gasteiger partial charge in [-0.25, -0.2) is 0 Å². The lowest BCUT2D eigenvalue weighted by atomic mass is 10.1. The number of likely N-dealkylation sites (N-methyl/N-ethyl adjacent to an activating group) is 1. The lowest BCUT2D eigenvalue weighted by Crippen LogP contribution is -2.39. The van der Waals surface area contributed by atoms with E-state index in [9.17, 15) is 9.59 Å². The Bertz CT molecular complexity index is 511. The fraction of sp³-hybridized carbons (Fsp3) is 0.429. The van der Waals surface area contributed by atoms with E-state index >= 15 is 0 Å². The molecule has 0 fully saturated rings. The summed E-state index contributed by atoms with van der Waals surface area (Å²) in [6, 6.07) is 5.50. The Morgan fingerprint density at radius 3 is 2.74 bits per heavy atom. The smallest absolute Gasteiger partial charge is 0.256 e. The number of carbonyl (C=O) groups is 2. The summed E-state index contributed by atoms with van der Waals surface area (Å²) in [5, 5.41) is 2.80. The Labute approximate surface area is 113 Å². The van der Waals surface area contributed by atoms with Crippen LogP contribution in [0.5, 0.6) is 0 Å². The zero-order chi connectivity index (χ0) is 14.0. The van der Waals surface area contributed by atoms with Gasteiger partial charge in [0.2, 0.25) is 5.91 Å². The molecule has 0 saturated heterocycles. The third-order valence-corrected chi connectivity index (χ3v) is 3.12. The maximum atomic E-state index is 12.4. The highest BCUT2D eigenvalue weighted by Crippen LogP contribution is 2.22. The van der Waals surface area contributed by atoms with Gasteiger partial charge in [-0.05, 0) is 38.7 Å². The van der Waals surface area contributed by atoms with Crippen molar-refractivity contribution in [3.05, 3.63) is 29.3 Å². The van der Waals surface area contributed by atoms with E-state index in [1.807, 2.05) is 38.1 Å². The van der Waals surface area contributed by atoms with Crippen molar-refractivity contribution in [2.75, 3.05) is 39.0 Å². The van der Waals surface area contributed by atoms with Crippen LogP contribution < -0.4 is 5.32 Å². The Morgan fingerprint density at radius 2 is 2.05 bits per heavy atom. The average Bonchev–Trinajstić information content (AvgIpc) is 2.44. The molecule has 1 aromatic rings. The molecular weight excluding hydrogens is 242 g/mol. The van der Waals surface area contributed by atoms with Gasteiger partial charge in [-0.15, -0.1) is 0 Å². The van der Waals surface area contributed by atoms with Gasteiger partial charge in [0, 0.05) is 13.1 Å². The number of hydrogen-bond acceptors (Lipinski definition) is 3. The minimum atomic E-state index is -0.142. The highest BCUT2D eigenvalue weighted by atomic mass is 16.2. The first kappa shape index (κ1) is 13.5. The fourth-order valence-electron chi connectivity index (χ4n) is 2.05. The predicted octanol–water partition coefficient (Wildman–Crippen LogP) is 0.951. The van der Waals surface area contributed by atoms with Crippen LogP contribution in [0.2, 0.25) is 0 Å². The summed E-state index contributed by atoms with van der Waals surface area (Å²) in [6.45, 7) is 3.33. The second-order valence-corrected chi connectivity index (χ2v) is 5.13. The van der Waals surface area contributed by atoms with Crippen molar-refractivity contribution in [1.29, 1.82) is 0 Å². The Hall–Kier alpha value is -1.88. The number of fused-ring (bicyclic) bond motifs is 1. The van der Waals surface area contributed by atoms with E-state index in [-0.39, 0.29) is 18.4 Å². The molecule has 1 aliphatic heterocycles. The van der Waals surface area contributed by atoms with Crippen LogP contribution in [0.25, 0.3) is 0 Å². The SMILES string of the molecule is Cc1ccc2c(c1)NC(=O)CN(CCN(C)C)C2=O. The van der Waals surface area contributed by atoms with E-state index in [1.165, 1.54) is 0 Å². The fourth-order valence-corrected chi connectivity index (χ4v) is 2.05. The largest absolute Gasteiger partial charge is 0.328 e. The van der Waals surface area contributed by atoms with Crippen molar-refractivity contribution in [2.45, 2.75) is 6.92 Å². The van der Waals surface area contributed by atoms with Gasteiger partial charge in [0.05, 0.1) is 11.3 Å². The molecule has 102 valence electrons. The first-order valence-corrected chi connectivity index (χ1v) is 6.32. The van der Waals surface area contributed by atoms with Gasteiger partial charge in [0.25, 0.3) is 5.91 Å². The number of carbonyl (C=O) groups excluding carboxylic acids is 2. The van der Waals surface area contributed by atoms with Gasteiger partial charge in [0.1, 0.15) is 6.54 Å². The van der Waals surface area contributed by atoms with Crippen molar-refractivity contribution < 1.29 is 9.59 Å². The van der Waals surface area contributed by atoms with Crippen LogP contribution in [0.1, 0.15) is 15.9 Å². The van der Waals surface area contributed by atoms with Crippen LogP contribution in [0, 0.1) is 6.92 Å².